The average Bonchev–Trinajstić information content (AvgIpc) is 2.60. The minimum Gasteiger partial charge on any atom is -0.482 e. The summed E-state index contributed by atoms with van der Waals surface area (Å²) in [5, 5.41) is 11.7. The van der Waals surface area contributed by atoms with E-state index in [0.717, 1.165) is 0 Å². The molecule has 0 saturated heterocycles. The zero-order valence-corrected chi connectivity index (χ0v) is 14.5. The van der Waals surface area contributed by atoms with Crippen LogP contribution >= 0.6 is 11.6 Å². The van der Waals surface area contributed by atoms with E-state index in [0.29, 0.717) is 22.6 Å². The van der Waals surface area contributed by atoms with Crippen molar-refractivity contribution < 1.29 is 14.3 Å². The van der Waals surface area contributed by atoms with Gasteiger partial charge in [-0.3, -0.25) is 9.59 Å². The second-order valence-corrected chi connectivity index (χ2v) is 5.78. The number of nitrogens with zero attached hydrogens (tertiary/aromatic N) is 2. The molecular formula is C18H16ClN3O3. The molecule has 2 amide bonds. The number of carbonyl (C=O) groups excluding carboxylic acids is 2. The number of hydrogen-bond donors (Lipinski definition) is 1. The number of nitriles is 1. The van der Waals surface area contributed by atoms with Gasteiger partial charge in [-0.25, -0.2) is 0 Å². The van der Waals surface area contributed by atoms with Crippen LogP contribution in [0, 0.1) is 11.3 Å². The summed E-state index contributed by atoms with van der Waals surface area (Å²) in [6.07, 6.45) is 0. The Morgan fingerprint density at radius 3 is 2.44 bits per heavy atom. The summed E-state index contributed by atoms with van der Waals surface area (Å²) >= 11 is 5.98. The monoisotopic (exact) mass is 357 g/mol. The molecule has 2 rings (SSSR count). The number of ether oxygens (including phenoxy) is 1. The van der Waals surface area contributed by atoms with E-state index in [-0.39, 0.29) is 23.4 Å². The van der Waals surface area contributed by atoms with Gasteiger partial charge in [0, 0.05) is 25.3 Å². The molecule has 25 heavy (non-hydrogen) atoms. The van der Waals surface area contributed by atoms with Gasteiger partial charge in [0.1, 0.15) is 5.75 Å². The normalized spacial score (nSPS) is 9.84. The molecule has 1 N–H and O–H groups in total. The van der Waals surface area contributed by atoms with Gasteiger partial charge in [0.15, 0.2) is 6.61 Å². The van der Waals surface area contributed by atoms with Gasteiger partial charge >= 0.3 is 0 Å². The van der Waals surface area contributed by atoms with Gasteiger partial charge in [0.05, 0.1) is 16.7 Å². The Morgan fingerprint density at radius 1 is 1.20 bits per heavy atom. The predicted octanol–water partition coefficient (Wildman–Crippen LogP) is 2.93. The molecule has 7 heteroatoms. The molecule has 0 spiro atoms. The Labute approximate surface area is 150 Å². The van der Waals surface area contributed by atoms with Gasteiger partial charge in [-0.15, -0.1) is 0 Å². The summed E-state index contributed by atoms with van der Waals surface area (Å²) in [6.45, 7) is -0.232. The van der Waals surface area contributed by atoms with Crippen LogP contribution in [0.5, 0.6) is 5.75 Å². The van der Waals surface area contributed by atoms with Crippen molar-refractivity contribution in [2.45, 2.75) is 0 Å². The zero-order valence-electron chi connectivity index (χ0n) is 13.7. The highest BCUT2D eigenvalue weighted by Gasteiger charge is 2.10. The SMILES string of the molecule is CN(C)C(=O)c1ccc(NC(=O)COc2ccc(C#N)cc2Cl)cc1. The highest BCUT2D eigenvalue weighted by atomic mass is 35.5. The van der Waals surface area contributed by atoms with Gasteiger partial charge in [-0.2, -0.15) is 5.26 Å². The molecule has 0 unspecified atom stereocenters. The second-order valence-electron chi connectivity index (χ2n) is 5.37. The summed E-state index contributed by atoms with van der Waals surface area (Å²) in [5.74, 6) is -0.161. The lowest BCUT2D eigenvalue weighted by atomic mass is 10.2. The maximum Gasteiger partial charge on any atom is 0.262 e. The van der Waals surface area contributed by atoms with Crippen LogP contribution in [0.1, 0.15) is 15.9 Å². The van der Waals surface area contributed by atoms with Gasteiger partial charge in [0.25, 0.3) is 11.8 Å². The number of benzene rings is 2. The van der Waals surface area contributed by atoms with Crippen molar-refractivity contribution in [3.63, 3.8) is 0 Å². The molecule has 0 aliphatic heterocycles. The van der Waals surface area contributed by atoms with E-state index in [1.807, 2.05) is 6.07 Å². The summed E-state index contributed by atoms with van der Waals surface area (Å²) in [6, 6.07) is 13.1. The van der Waals surface area contributed by atoms with Crippen molar-refractivity contribution in [1.29, 1.82) is 5.26 Å². The first-order valence-electron chi connectivity index (χ1n) is 7.34. The van der Waals surface area contributed by atoms with Crippen molar-refractivity contribution in [2.24, 2.45) is 0 Å². The lowest BCUT2D eigenvalue weighted by Crippen LogP contribution is -2.22. The molecular weight excluding hydrogens is 342 g/mol. The van der Waals surface area contributed by atoms with E-state index in [1.54, 1.807) is 44.4 Å². The van der Waals surface area contributed by atoms with E-state index in [9.17, 15) is 9.59 Å². The summed E-state index contributed by atoms with van der Waals surface area (Å²) in [7, 11) is 3.34. The molecule has 0 heterocycles. The molecule has 0 fully saturated rings. The number of rotatable bonds is 5. The van der Waals surface area contributed by atoms with Crippen molar-refractivity contribution in [1.82, 2.24) is 4.90 Å². The van der Waals surface area contributed by atoms with Gasteiger partial charge in [0.2, 0.25) is 0 Å². The van der Waals surface area contributed by atoms with E-state index in [1.165, 1.54) is 17.0 Å². The molecule has 0 saturated carbocycles. The van der Waals surface area contributed by atoms with Gasteiger partial charge in [-0.1, -0.05) is 11.6 Å². The van der Waals surface area contributed by atoms with Crippen molar-refractivity contribution >= 4 is 29.1 Å². The third-order valence-electron chi connectivity index (χ3n) is 3.24. The maximum atomic E-state index is 11.9. The fourth-order valence-corrected chi connectivity index (χ4v) is 2.22. The second kappa shape index (κ2) is 8.18. The number of carbonyl (C=O) groups is 2. The molecule has 6 nitrogen and oxygen atoms in total. The van der Waals surface area contributed by atoms with E-state index in [4.69, 9.17) is 21.6 Å². The average molecular weight is 358 g/mol. The van der Waals surface area contributed by atoms with Crippen LogP contribution in [0.2, 0.25) is 5.02 Å². The topological polar surface area (TPSA) is 82.4 Å². The lowest BCUT2D eigenvalue weighted by Gasteiger charge is -2.11. The first-order valence-corrected chi connectivity index (χ1v) is 7.72. The lowest BCUT2D eigenvalue weighted by molar-refractivity contribution is -0.118. The number of halogens is 1. The van der Waals surface area contributed by atoms with Crippen LogP contribution in [0.15, 0.2) is 42.5 Å². The van der Waals surface area contributed by atoms with Crippen LogP contribution in [0.3, 0.4) is 0 Å². The summed E-state index contributed by atoms with van der Waals surface area (Å²) in [4.78, 5) is 25.2. The number of amides is 2. The van der Waals surface area contributed by atoms with E-state index < -0.39 is 0 Å². The van der Waals surface area contributed by atoms with Crippen molar-refractivity contribution in [3.05, 3.63) is 58.6 Å². The molecule has 2 aromatic rings. The Morgan fingerprint density at radius 2 is 1.88 bits per heavy atom. The Bertz CT molecular complexity index is 826. The number of hydrogen-bond acceptors (Lipinski definition) is 4. The largest absolute Gasteiger partial charge is 0.482 e. The molecule has 0 aromatic heterocycles. The van der Waals surface area contributed by atoms with E-state index in [2.05, 4.69) is 5.32 Å². The molecule has 0 aliphatic rings. The molecule has 128 valence electrons. The minimum atomic E-state index is -0.368. The highest BCUT2D eigenvalue weighted by molar-refractivity contribution is 6.32. The Hall–Kier alpha value is -3.04. The Balaban J connectivity index is 1.92. The molecule has 0 radical (unpaired) electrons. The molecule has 0 aliphatic carbocycles. The fraction of sp³-hybridized carbons (Fsp3) is 0.167. The smallest absolute Gasteiger partial charge is 0.262 e. The Kier molecular flexibility index (Phi) is 5.98. The molecule has 0 bridgehead atoms. The van der Waals surface area contributed by atoms with Gasteiger partial charge in [-0.05, 0) is 42.5 Å². The first-order chi connectivity index (χ1) is 11.9. The van der Waals surface area contributed by atoms with Crippen LogP contribution < -0.4 is 10.1 Å². The van der Waals surface area contributed by atoms with Crippen molar-refractivity contribution in [2.75, 3.05) is 26.0 Å². The molecule has 0 atom stereocenters. The first kappa shape index (κ1) is 18.3. The fourth-order valence-electron chi connectivity index (χ4n) is 1.98. The van der Waals surface area contributed by atoms with Crippen LogP contribution in [-0.4, -0.2) is 37.4 Å². The number of nitrogens with one attached hydrogen (secondary N) is 1. The van der Waals surface area contributed by atoms with Crippen LogP contribution in [-0.2, 0) is 4.79 Å². The maximum absolute atomic E-state index is 11.9. The van der Waals surface area contributed by atoms with E-state index >= 15 is 0 Å². The summed E-state index contributed by atoms with van der Waals surface area (Å²) in [5.41, 5.74) is 1.49. The third kappa shape index (κ3) is 4.96. The molecule has 2 aromatic carbocycles. The zero-order chi connectivity index (χ0) is 18.4. The highest BCUT2D eigenvalue weighted by Crippen LogP contribution is 2.25. The minimum absolute atomic E-state index is 0.114. The van der Waals surface area contributed by atoms with Crippen molar-refractivity contribution in [3.8, 4) is 11.8 Å². The standard InChI is InChI=1S/C18H16ClN3O3/c1-22(2)18(24)13-4-6-14(7-5-13)21-17(23)11-25-16-8-3-12(10-20)9-15(16)19/h3-9H,11H2,1-2H3,(H,21,23). The number of anilines is 1. The van der Waals surface area contributed by atoms with Crippen LogP contribution in [0.25, 0.3) is 0 Å². The summed E-state index contributed by atoms with van der Waals surface area (Å²) < 4.78 is 5.35. The third-order valence-corrected chi connectivity index (χ3v) is 3.54. The quantitative estimate of drug-likeness (QED) is 0.891. The van der Waals surface area contributed by atoms with Gasteiger partial charge < -0.3 is 15.0 Å². The predicted molar refractivity (Wildman–Crippen MR) is 94.8 cm³/mol. The van der Waals surface area contributed by atoms with Crippen LogP contribution in [0.4, 0.5) is 5.69 Å².